The van der Waals surface area contributed by atoms with E-state index in [1.807, 2.05) is 30.3 Å². The van der Waals surface area contributed by atoms with Gasteiger partial charge in [0.1, 0.15) is 5.69 Å². The van der Waals surface area contributed by atoms with Crippen LogP contribution in [-0.2, 0) is 9.47 Å². The number of carbonyl (C=O) groups excluding carboxylic acids is 1. The molecule has 1 N–H and O–H groups in total. The number of hydrogen-bond donors (Lipinski definition) is 1. The van der Waals surface area contributed by atoms with Gasteiger partial charge in [-0.1, -0.05) is 18.2 Å². The van der Waals surface area contributed by atoms with Gasteiger partial charge in [0.25, 0.3) is 5.91 Å². The maximum atomic E-state index is 12.3. The van der Waals surface area contributed by atoms with Crippen LogP contribution in [0.25, 0.3) is 5.69 Å². The summed E-state index contributed by atoms with van der Waals surface area (Å²) >= 11 is 0. The van der Waals surface area contributed by atoms with Crippen molar-refractivity contribution < 1.29 is 14.3 Å². The number of carbonyl (C=O) groups is 1. The smallest absolute Gasteiger partial charge is 0.269 e. The van der Waals surface area contributed by atoms with E-state index >= 15 is 0 Å². The van der Waals surface area contributed by atoms with Crippen molar-refractivity contribution in [1.29, 1.82) is 0 Å². The van der Waals surface area contributed by atoms with Gasteiger partial charge < -0.3 is 14.8 Å². The summed E-state index contributed by atoms with van der Waals surface area (Å²) < 4.78 is 12.9. The van der Waals surface area contributed by atoms with Crippen LogP contribution in [-0.4, -0.2) is 47.9 Å². The highest BCUT2D eigenvalue weighted by molar-refractivity contribution is 5.92. The first-order valence-electron chi connectivity index (χ1n) is 8.40. The normalized spacial score (nSPS) is 17.1. The maximum absolute atomic E-state index is 12.3. The van der Waals surface area contributed by atoms with Gasteiger partial charge in [0.15, 0.2) is 0 Å². The average molecular weight is 329 g/mol. The molecule has 128 valence electrons. The second-order valence-electron chi connectivity index (χ2n) is 5.80. The molecule has 1 atom stereocenters. The van der Waals surface area contributed by atoms with Gasteiger partial charge in [-0.2, -0.15) is 0 Å². The number of amides is 1. The summed E-state index contributed by atoms with van der Waals surface area (Å²) in [5, 5.41) is 2.91. The minimum Gasteiger partial charge on any atom is -0.379 e. The topological polar surface area (TPSA) is 65.4 Å². The second kappa shape index (κ2) is 8.61. The Labute approximate surface area is 141 Å². The molecular weight excluding hydrogens is 306 g/mol. The summed E-state index contributed by atoms with van der Waals surface area (Å²) in [6.45, 7) is 2.69. The van der Waals surface area contributed by atoms with Gasteiger partial charge >= 0.3 is 0 Å². The largest absolute Gasteiger partial charge is 0.379 e. The Hall–Kier alpha value is -2.18. The molecule has 1 aromatic carbocycles. The standard InChI is InChI=1S/C18H23N3O3/c22-18(20-9-5-10-23-13-16-8-4-11-24-16)17-12-19-14-21(17)15-6-2-1-3-7-15/h1-3,6-7,12,14,16H,4-5,8-11,13H2,(H,20,22). The zero-order chi connectivity index (χ0) is 16.6. The Kier molecular flexibility index (Phi) is 5.98. The van der Waals surface area contributed by atoms with Gasteiger partial charge in [0, 0.05) is 25.4 Å². The predicted octanol–water partition coefficient (Wildman–Crippen LogP) is 2.19. The average Bonchev–Trinajstić information content (AvgIpc) is 3.30. The van der Waals surface area contributed by atoms with Crippen molar-refractivity contribution in [2.24, 2.45) is 0 Å². The van der Waals surface area contributed by atoms with Crippen molar-refractivity contribution in [2.75, 3.05) is 26.4 Å². The van der Waals surface area contributed by atoms with E-state index in [4.69, 9.17) is 9.47 Å². The zero-order valence-electron chi connectivity index (χ0n) is 13.7. The van der Waals surface area contributed by atoms with E-state index in [1.54, 1.807) is 17.1 Å². The molecule has 1 amide bonds. The minimum atomic E-state index is -0.129. The first kappa shape index (κ1) is 16.7. The van der Waals surface area contributed by atoms with Crippen LogP contribution in [0.5, 0.6) is 0 Å². The van der Waals surface area contributed by atoms with E-state index < -0.39 is 0 Å². The summed E-state index contributed by atoms with van der Waals surface area (Å²) in [5.74, 6) is -0.129. The molecule has 1 aliphatic heterocycles. The quantitative estimate of drug-likeness (QED) is 0.754. The van der Waals surface area contributed by atoms with E-state index in [2.05, 4.69) is 10.3 Å². The molecule has 3 rings (SSSR count). The summed E-state index contributed by atoms with van der Waals surface area (Å²) in [5.41, 5.74) is 1.45. The van der Waals surface area contributed by atoms with E-state index in [1.165, 1.54) is 0 Å². The fraction of sp³-hybridized carbons (Fsp3) is 0.444. The van der Waals surface area contributed by atoms with Crippen LogP contribution < -0.4 is 5.32 Å². The lowest BCUT2D eigenvalue weighted by molar-refractivity contribution is 0.0166. The molecule has 2 heterocycles. The van der Waals surface area contributed by atoms with E-state index in [9.17, 15) is 4.79 Å². The van der Waals surface area contributed by atoms with Gasteiger partial charge in [-0.3, -0.25) is 9.36 Å². The van der Waals surface area contributed by atoms with Crippen LogP contribution in [0.1, 0.15) is 29.8 Å². The van der Waals surface area contributed by atoms with Crippen LogP contribution in [0.3, 0.4) is 0 Å². The van der Waals surface area contributed by atoms with Gasteiger partial charge in [0.05, 0.1) is 25.2 Å². The third kappa shape index (κ3) is 4.43. The summed E-state index contributed by atoms with van der Waals surface area (Å²) in [6, 6.07) is 9.69. The Bertz CT molecular complexity index is 636. The molecule has 1 unspecified atom stereocenters. The molecule has 0 radical (unpaired) electrons. The van der Waals surface area contributed by atoms with Crippen molar-refractivity contribution in [3.63, 3.8) is 0 Å². The molecular formula is C18H23N3O3. The third-order valence-corrected chi connectivity index (χ3v) is 3.98. The van der Waals surface area contributed by atoms with Gasteiger partial charge in [0.2, 0.25) is 0 Å². The first-order chi connectivity index (χ1) is 11.8. The molecule has 0 saturated carbocycles. The number of rotatable bonds is 8. The van der Waals surface area contributed by atoms with Crippen molar-refractivity contribution >= 4 is 5.91 Å². The molecule has 0 spiro atoms. The monoisotopic (exact) mass is 329 g/mol. The molecule has 0 bridgehead atoms. The fourth-order valence-electron chi connectivity index (χ4n) is 2.71. The van der Waals surface area contributed by atoms with Crippen LogP contribution in [0, 0.1) is 0 Å². The number of nitrogens with zero attached hydrogens (tertiary/aromatic N) is 2. The molecule has 1 saturated heterocycles. The first-order valence-corrected chi connectivity index (χ1v) is 8.40. The van der Waals surface area contributed by atoms with Gasteiger partial charge in [-0.25, -0.2) is 4.98 Å². The van der Waals surface area contributed by atoms with Crippen molar-refractivity contribution in [1.82, 2.24) is 14.9 Å². The van der Waals surface area contributed by atoms with Gasteiger partial charge in [-0.05, 0) is 31.4 Å². The number of para-hydroxylation sites is 1. The molecule has 6 nitrogen and oxygen atoms in total. The van der Waals surface area contributed by atoms with Crippen LogP contribution in [0.4, 0.5) is 0 Å². The highest BCUT2D eigenvalue weighted by atomic mass is 16.5. The molecule has 1 aliphatic rings. The van der Waals surface area contributed by atoms with Crippen LogP contribution in [0.15, 0.2) is 42.9 Å². The zero-order valence-corrected chi connectivity index (χ0v) is 13.7. The molecule has 0 aliphatic carbocycles. The SMILES string of the molecule is O=C(NCCCOCC1CCCO1)c1cncn1-c1ccccc1. The number of imidazole rings is 1. The Morgan fingerprint density at radius 1 is 1.38 bits per heavy atom. The number of aromatic nitrogens is 2. The Morgan fingerprint density at radius 2 is 2.25 bits per heavy atom. The van der Waals surface area contributed by atoms with Crippen molar-refractivity contribution in [2.45, 2.75) is 25.4 Å². The van der Waals surface area contributed by atoms with Gasteiger partial charge in [-0.15, -0.1) is 0 Å². The molecule has 2 aromatic rings. The summed E-state index contributed by atoms with van der Waals surface area (Å²) in [7, 11) is 0. The maximum Gasteiger partial charge on any atom is 0.269 e. The predicted molar refractivity (Wildman–Crippen MR) is 90.3 cm³/mol. The Morgan fingerprint density at radius 3 is 3.04 bits per heavy atom. The lowest BCUT2D eigenvalue weighted by atomic mass is 10.2. The number of benzene rings is 1. The molecule has 1 fully saturated rings. The third-order valence-electron chi connectivity index (χ3n) is 3.98. The summed E-state index contributed by atoms with van der Waals surface area (Å²) in [4.78, 5) is 16.4. The Balaban J connectivity index is 1.40. The summed E-state index contributed by atoms with van der Waals surface area (Å²) in [6.07, 6.45) is 6.46. The number of hydrogen-bond acceptors (Lipinski definition) is 4. The minimum absolute atomic E-state index is 0.129. The molecule has 1 aromatic heterocycles. The lowest BCUT2D eigenvalue weighted by Gasteiger charge is -2.11. The highest BCUT2D eigenvalue weighted by Gasteiger charge is 2.15. The van der Waals surface area contributed by atoms with Crippen molar-refractivity contribution in [3.8, 4) is 5.69 Å². The molecule has 24 heavy (non-hydrogen) atoms. The van der Waals surface area contributed by atoms with E-state index in [0.717, 1.165) is 31.6 Å². The van der Waals surface area contributed by atoms with Crippen molar-refractivity contribution in [3.05, 3.63) is 48.5 Å². The second-order valence-corrected chi connectivity index (χ2v) is 5.80. The van der Waals surface area contributed by atoms with Crippen LogP contribution >= 0.6 is 0 Å². The highest BCUT2D eigenvalue weighted by Crippen LogP contribution is 2.12. The fourth-order valence-corrected chi connectivity index (χ4v) is 2.71. The van der Waals surface area contributed by atoms with E-state index in [0.29, 0.717) is 25.5 Å². The van der Waals surface area contributed by atoms with Crippen LogP contribution in [0.2, 0.25) is 0 Å². The number of ether oxygens (including phenoxy) is 2. The lowest BCUT2D eigenvalue weighted by Crippen LogP contribution is -2.27. The number of nitrogens with one attached hydrogen (secondary N) is 1. The van der Waals surface area contributed by atoms with E-state index in [-0.39, 0.29) is 12.0 Å². The molecule has 6 heteroatoms.